The van der Waals surface area contributed by atoms with Crippen LogP contribution in [0.1, 0.15) is 32.4 Å². The number of rotatable bonds is 4. The van der Waals surface area contributed by atoms with Gasteiger partial charge in [-0.1, -0.05) is 6.08 Å². The van der Waals surface area contributed by atoms with Gasteiger partial charge >= 0.3 is 5.97 Å². The van der Waals surface area contributed by atoms with Crippen LogP contribution in [0, 0.1) is 0 Å². The molecule has 1 aromatic carbocycles. The maximum atomic E-state index is 11.8. The number of epoxide rings is 1. The lowest BCUT2D eigenvalue weighted by molar-refractivity contribution is -0.130. The Morgan fingerprint density at radius 2 is 2.11 bits per heavy atom. The molecular weight excluding hydrogens is 244 g/mol. The second kappa shape index (κ2) is 5.45. The van der Waals surface area contributed by atoms with Crippen molar-refractivity contribution < 1.29 is 19.0 Å². The van der Waals surface area contributed by atoms with E-state index >= 15 is 0 Å². The predicted octanol–water partition coefficient (Wildman–Crippen LogP) is 3.03. The minimum atomic E-state index is -0.345. The monoisotopic (exact) mass is 262 g/mol. The van der Waals surface area contributed by atoms with Crippen LogP contribution >= 0.6 is 0 Å². The molecule has 2 atom stereocenters. The topological polar surface area (TPSA) is 48.1 Å². The number of carbonyl (C=O) groups is 1. The summed E-state index contributed by atoms with van der Waals surface area (Å²) in [5.74, 6) is 0.906. The number of hydrogen-bond donors (Lipinski definition) is 0. The SMILES string of the molecule is C/C=C(/C)C(=O)Oc1ccc(OC)cc1[C@H]1O[C@@H]1C. The summed E-state index contributed by atoms with van der Waals surface area (Å²) in [5, 5.41) is 0. The molecule has 1 aliphatic rings. The van der Waals surface area contributed by atoms with E-state index in [1.54, 1.807) is 39.2 Å². The van der Waals surface area contributed by atoms with Gasteiger partial charge in [0.1, 0.15) is 17.6 Å². The first-order valence-electron chi connectivity index (χ1n) is 6.25. The van der Waals surface area contributed by atoms with Crippen LogP contribution < -0.4 is 9.47 Å². The van der Waals surface area contributed by atoms with E-state index in [0.717, 1.165) is 11.3 Å². The van der Waals surface area contributed by atoms with Crippen molar-refractivity contribution in [1.82, 2.24) is 0 Å². The summed E-state index contributed by atoms with van der Waals surface area (Å²) in [4.78, 5) is 11.8. The summed E-state index contributed by atoms with van der Waals surface area (Å²) in [7, 11) is 1.60. The summed E-state index contributed by atoms with van der Waals surface area (Å²) in [6.07, 6.45) is 1.85. The van der Waals surface area contributed by atoms with Crippen molar-refractivity contribution in [2.24, 2.45) is 0 Å². The van der Waals surface area contributed by atoms with E-state index in [1.807, 2.05) is 13.0 Å². The maximum Gasteiger partial charge on any atom is 0.338 e. The van der Waals surface area contributed by atoms with Crippen molar-refractivity contribution in [3.05, 3.63) is 35.4 Å². The number of hydrogen-bond acceptors (Lipinski definition) is 4. The van der Waals surface area contributed by atoms with Gasteiger partial charge in [0.15, 0.2) is 0 Å². The molecule has 0 unspecified atom stereocenters. The molecule has 0 radical (unpaired) electrons. The second-order valence-electron chi connectivity index (χ2n) is 4.53. The fraction of sp³-hybridized carbons (Fsp3) is 0.400. The smallest absolute Gasteiger partial charge is 0.338 e. The lowest BCUT2D eigenvalue weighted by Crippen LogP contribution is -2.10. The fourth-order valence-corrected chi connectivity index (χ4v) is 1.78. The molecule has 0 bridgehead atoms. The van der Waals surface area contributed by atoms with E-state index in [4.69, 9.17) is 14.2 Å². The van der Waals surface area contributed by atoms with Crippen LogP contribution in [0.15, 0.2) is 29.8 Å². The Balaban J connectivity index is 2.27. The average Bonchev–Trinajstić information content (AvgIpc) is 3.15. The predicted molar refractivity (Wildman–Crippen MR) is 71.3 cm³/mol. The second-order valence-corrected chi connectivity index (χ2v) is 4.53. The summed E-state index contributed by atoms with van der Waals surface area (Å²) in [6, 6.07) is 5.36. The van der Waals surface area contributed by atoms with Crippen molar-refractivity contribution in [2.45, 2.75) is 33.0 Å². The molecule has 2 rings (SSSR count). The van der Waals surface area contributed by atoms with E-state index in [2.05, 4.69) is 0 Å². The third kappa shape index (κ3) is 2.96. The lowest BCUT2D eigenvalue weighted by Gasteiger charge is -2.10. The zero-order chi connectivity index (χ0) is 14.0. The Labute approximate surface area is 113 Å². The van der Waals surface area contributed by atoms with Crippen molar-refractivity contribution in [3.8, 4) is 11.5 Å². The molecular formula is C15H18O4. The molecule has 0 amide bonds. The third-order valence-corrected chi connectivity index (χ3v) is 3.19. The van der Waals surface area contributed by atoms with Gasteiger partial charge in [0, 0.05) is 11.1 Å². The molecule has 1 fully saturated rings. The maximum absolute atomic E-state index is 11.8. The Hall–Kier alpha value is -1.81. The molecule has 102 valence electrons. The normalized spacial score (nSPS) is 22.0. The minimum absolute atomic E-state index is 0.0242. The van der Waals surface area contributed by atoms with Gasteiger partial charge < -0.3 is 14.2 Å². The fourth-order valence-electron chi connectivity index (χ4n) is 1.78. The third-order valence-electron chi connectivity index (χ3n) is 3.19. The molecule has 1 saturated heterocycles. The summed E-state index contributed by atoms with van der Waals surface area (Å²) in [6.45, 7) is 5.51. The van der Waals surface area contributed by atoms with Crippen LogP contribution in [-0.2, 0) is 9.53 Å². The lowest BCUT2D eigenvalue weighted by atomic mass is 10.1. The highest BCUT2D eigenvalue weighted by molar-refractivity contribution is 5.89. The van der Waals surface area contributed by atoms with E-state index in [0.29, 0.717) is 11.3 Å². The quantitative estimate of drug-likeness (QED) is 0.362. The zero-order valence-electron chi connectivity index (χ0n) is 11.6. The number of benzene rings is 1. The summed E-state index contributed by atoms with van der Waals surface area (Å²) < 4.78 is 16.0. The number of allylic oxidation sites excluding steroid dienone is 1. The van der Waals surface area contributed by atoms with Gasteiger partial charge in [-0.15, -0.1) is 0 Å². The number of carbonyl (C=O) groups excluding carboxylic acids is 1. The van der Waals surface area contributed by atoms with Crippen LogP contribution in [0.3, 0.4) is 0 Å². The number of methoxy groups -OCH3 is 1. The Morgan fingerprint density at radius 3 is 2.63 bits per heavy atom. The molecule has 1 aromatic rings. The van der Waals surface area contributed by atoms with Crippen LogP contribution in [0.4, 0.5) is 0 Å². The number of ether oxygens (including phenoxy) is 3. The van der Waals surface area contributed by atoms with Crippen LogP contribution in [0.2, 0.25) is 0 Å². The van der Waals surface area contributed by atoms with E-state index in [-0.39, 0.29) is 18.2 Å². The largest absolute Gasteiger partial charge is 0.497 e. The van der Waals surface area contributed by atoms with E-state index in [1.165, 1.54) is 0 Å². The molecule has 1 aliphatic heterocycles. The van der Waals surface area contributed by atoms with Gasteiger partial charge in [-0.05, 0) is 39.0 Å². The van der Waals surface area contributed by atoms with Crippen LogP contribution in [0.25, 0.3) is 0 Å². The van der Waals surface area contributed by atoms with E-state index in [9.17, 15) is 4.79 Å². The Kier molecular flexibility index (Phi) is 3.90. The molecule has 1 heterocycles. The van der Waals surface area contributed by atoms with Gasteiger partial charge in [-0.2, -0.15) is 0 Å². The van der Waals surface area contributed by atoms with Crippen molar-refractivity contribution in [2.75, 3.05) is 7.11 Å². The van der Waals surface area contributed by atoms with Crippen molar-refractivity contribution in [1.29, 1.82) is 0 Å². The zero-order valence-corrected chi connectivity index (χ0v) is 11.6. The first-order chi connectivity index (χ1) is 9.06. The Morgan fingerprint density at radius 1 is 1.42 bits per heavy atom. The van der Waals surface area contributed by atoms with Crippen LogP contribution in [0.5, 0.6) is 11.5 Å². The van der Waals surface area contributed by atoms with Gasteiger partial charge in [-0.3, -0.25) is 0 Å². The van der Waals surface area contributed by atoms with Gasteiger partial charge in [0.25, 0.3) is 0 Å². The minimum Gasteiger partial charge on any atom is -0.497 e. The molecule has 0 saturated carbocycles. The molecule has 0 spiro atoms. The van der Waals surface area contributed by atoms with Crippen molar-refractivity contribution >= 4 is 5.97 Å². The molecule has 0 aliphatic carbocycles. The standard InChI is InChI=1S/C15H18O4/c1-5-9(2)15(16)19-13-7-6-11(17-4)8-12(13)14-10(3)18-14/h5-8,10,14H,1-4H3/b9-5-/t10-,14+/m1/s1. The Bertz CT molecular complexity index is 519. The molecule has 4 heteroatoms. The first kappa shape index (κ1) is 13.6. The summed E-state index contributed by atoms with van der Waals surface area (Å²) >= 11 is 0. The summed E-state index contributed by atoms with van der Waals surface area (Å²) in [5.41, 5.74) is 1.43. The van der Waals surface area contributed by atoms with Gasteiger partial charge in [-0.25, -0.2) is 4.79 Å². The highest BCUT2D eigenvalue weighted by Gasteiger charge is 2.38. The van der Waals surface area contributed by atoms with E-state index < -0.39 is 0 Å². The van der Waals surface area contributed by atoms with Gasteiger partial charge in [0.05, 0.1) is 13.2 Å². The average molecular weight is 262 g/mol. The van der Waals surface area contributed by atoms with Crippen LogP contribution in [-0.4, -0.2) is 19.2 Å². The molecule has 0 N–H and O–H groups in total. The highest BCUT2D eigenvalue weighted by atomic mass is 16.6. The van der Waals surface area contributed by atoms with Crippen molar-refractivity contribution in [3.63, 3.8) is 0 Å². The molecule has 0 aromatic heterocycles. The molecule has 4 nitrogen and oxygen atoms in total. The first-order valence-corrected chi connectivity index (χ1v) is 6.25. The highest BCUT2D eigenvalue weighted by Crippen LogP contribution is 2.44. The molecule has 19 heavy (non-hydrogen) atoms. The van der Waals surface area contributed by atoms with Gasteiger partial charge in [0.2, 0.25) is 0 Å². The number of esters is 1.